The van der Waals surface area contributed by atoms with Gasteiger partial charge in [0.25, 0.3) is 0 Å². The smallest absolute Gasteiger partial charge is 0.351 e. The molecular weight excluding hydrogens is 282 g/mol. The van der Waals surface area contributed by atoms with Crippen LogP contribution in [0.4, 0.5) is 5.82 Å². The second-order valence-electron chi connectivity index (χ2n) is 4.68. The van der Waals surface area contributed by atoms with E-state index in [-0.39, 0.29) is 11.4 Å². The van der Waals surface area contributed by atoms with E-state index in [1.165, 1.54) is 12.3 Å². The van der Waals surface area contributed by atoms with Crippen molar-refractivity contribution in [1.82, 2.24) is 9.55 Å². The van der Waals surface area contributed by atoms with Crippen molar-refractivity contribution in [2.45, 2.75) is 30.6 Å². The molecule has 0 amide bonds. The van der Waals surface area contributed by atoms with Crippen molar-refractivity contribution < 1.29 is 25.2 Å². The predicted octanol–water partition coefficient (Wildman–Crippen LogP) is -2.34. The monoisotopic (exact) mass is 299 g/mol. The second-order valence-corrected chi connectivity index (χ2v) is 4.68. The van der Waals surface area contributed by atoms with Gasteiger partial charge in [0.05, 0.1) is 6.61 Å². The first-order valence-corrected chi connectivity index (χ1v) is 6.22. The van der Waals surface area contributed by atoms with E-state index in [1.54, 1.807) is 0 Å². The van der Waals surface area contributed by atoms with Crippen molar-refractivity contribution >= 4 is 5.82 Å². The molecule has 0 aliphatic carbocycles. The number of nitrogen functional groups attached to an aromatic ring is 1. The lowest BCUT2D eigenvalue weighted by atomic mass is 10.1. The fourth-order valence-corrected chi connectivity index (χ4v) is 2.14. The highest BCUT2D eigenvalue weighted by molar-refractivity contribution is 5.40. The number of nitrogens with zero attached hydrogens (tertiary/aromatic N) is 2. The number of hydrogen-bond donors (Lipinski definition) is 5. The van der Waals surface area contributed by atoms with Crippen molar-refractivity contribution in [3.8, 4) is 0 Å². The Labute approximate surface area is 119 Å². The van der Waals surface area contributed by atoms with Crippen LogP contribution in [0, 0.1) is 0 Å². The van der Waals surface area contributed by atoms with Crippen LogP contribution in [0.1, 0.15) is 17.9 Å². The topological polar surface area (TPSA) is 151 Å². The molecule has 1 aliphatic heterocycles. The number of anilines is 1. The van der Waals surface area contributed by atoms with Crippen LogP contribution < -0.4 is 11.4 Å². The number of aliphatic hydroxyl groups is 4. The molecular formula is C12H17N3O6. The first-order valence-electron chi connectivity index (χ1n) is 6.22. The lowest BCUT2D eigenvalue weighted by Crippen LogP contribution is -2.36. The molecule has 116 valence electrons. The number of nitrogens with two attached hydrogens (primary N) is 1. The van der Waals surface area contributed by atoms with Gasteiger partial charge in [-0.2, -0.15) is 4.98 Å². The zero-order valence-corrected chi connectivity index (χ0v) is 11.0. The SMILES string of the molecule is C=CC(O)c1cn([C@@H]2O[C@H](CO)[C@@H](O)[C@H]2O)c(=O)nc1N. The first kappa shape index (κ1) is 15.6. The molecule has 0 saturated carbocycles. The average molecular weight is 299 g/mol. The van der Waals surface area contributed by atoms with Gasteiger partial charge in [0.1, 0.15) is 30.2 Å². The highest BCUT2D eigenvalue weighted by atomic mass is 16.6. The van der Waals surface area contributed by atoms with Gasteiger partial charge in [-0.1, -0.05) is 6.08 Å². The van der Waals surface area contributed by atoms with Gasteiger partial charge in [0, 0.05) is 11.8 Å². The molecule has 1 fully saturated rings. The maximum Gasteiger partial charge on any atom is 0.351 e. The number of ether oxygens (including phenoxy) is 1. The zero-order chi connectivity index (χ0) is 15.7. The molecule has 0 spiro atoms. The van der Waals surface area contributed by atoms with Crippen molar-refractivity contribution in [1.29, 1.82) is 0 Å². The Morgan fingerprint density at radius 2 is 2.19 bits per heavy atom. The fraction of sp³-hybridized carbons (Fsp3) is 0.500. The maximum absolute atomic E-state index is 11.9. The van der Waals surface area contributed by atoms with Gasteiger partial charge in [0.15, 0.2) is 6.23 Å². The van der Waals surface area contributed by atoms with Gasteiger partial charge in [-0.05, 0) is 0 Å². The van der Waals surface area contributed by atoms with E-state index in [1.807, 2.05) is 0 Å². The number of rotatable bonds is 4. The molecule has 5 atom stereocenters. The largest absolute Gasteiger partial charge is 0.394 e. The molecule has 0 aromatic carbocycles. The van der Waals surface area contributed by atoms with Crippen molar-refractivity contribution in [2.24, 2.45) is 0 Å². The van der Waals surface area contributed by atoms with Crippen LogP contribution in [0.25, 0.3) is 0 Å². The van der Waals surface area contributed by atoms with Gasteiger partial charge >= 0.3 is 5.69 Å². The van der Waals surface area contributed by atoms with E-state index in [2.05, 4.69) is 11.6 Å². The van der Waals surface area contributed by atoms with Crippen LogP contribution in [0.15, 0.2) is 23.6 Å². The Morgan fingerprint density at radius 1 is 1.52 bits per heavy atom. The Bertz CT molecular complexity index is 589. The van der Waals surface area contributed by atoms with Gasteiger partial charge in [-0.3, -0.25) is 4.57 Å². The molecule has 2 heterocycles. The highest BCUT2D eigenvalue weighted by Crippen LogP contribution is 2.29. The van der Waals surface area contributed by atoms with Gasteiger partial charge in [-0.25, -0.2) is 4.79 Å². The molecule has 1 aromatic heterocycles. The van der Waals surface area contributed by atoms with Gasteiger partial charge < -0.3 is 30.9 Å². The molecule has 1 unspecified atom stereocenters. The van der Waals surface area contributed by atoms with E-state index in [0.29, 0.717) is 0 Å². The summed E-state index contributed by atoms with van der Waals surface area (Å²) in [5, 5.41) is 38.4. The van der Waals surface area contributed by atoms with Gasteiger partial charge in [0.2, 0.25) is 0 Å². The third-order valence-corrected chi connectivity index (χ3v) is 3.34. The predicted molar refractivity (Wildman–Crippen MR) is 71.1 cm³/mol. The van der Waals surface area contributed by atoms with Gasteiger partial charge in [-0.15, -0.1) is 6.58 Å². The molecule has 9 nitrogen and oxygen atoms in total. The lowest BCUT2D eigenvalue weighted by Gasteiger charge is -2.19. The quantitative estimate of drug-likeness (QED) is 0.388. The molecule has 0 bridgehead atoms. The maximum atomic E-state index is 11.9. The Kier molecular flexibility index (Phi) is 4.40. The minimum absolute atomic E-state index is 0.113. The van der Waals surface area contributed by atoms with Crippen molar-refractivity contribution in [3.63, 3.8) is 0 Å². The molecule has 9 heteroatoms. The second kappa shape index (κ2) is 5.92. The van der Waals surface area contributed by atoms with Crippen molar-refractivity contribution in [3.05, 3.63) is 34.9 Å². The minimum Gasteiger partial charge on any atom is -0.394 e. The molecule has 2 rings (SSSR count). The Morgan fingerprint density at radius 3 is 2.71 bits per heavy atom. The highest BCUT2D eigenvalue weighted by Gasteiger charge is 2.44. The molecule has 21 heavy (non-hydrogen) atoms. The summed E-state index contributed by atoms with van der Waals surface area (Å²) in [7, 11) is 0. The molecule has 0 radical (unpaired) electrons. The van der Waals surface area contributed by atoms with Crippen LogP contribution in [-0.2, 0) is 4.74 Å². The fourth-order valence-electron chi connectivity index (χ4n) is 2.14. The molecule has 1 aromatic rings. The van der Waals surface area contributed by atoms with Crippen LogP contribution in [-0.4, -0.2) is 54.9 Å². The summed E-state index contributed by atoms with van der Waals surface area (Å²) >= 11 is 0. The first-order chi connectivity index (χ1) is 9.90. The third-order valence-electron chi connectivity index (χ3n) is 3.34. The molecule has 1 saturated heterocycles. The Hall–Kier alpha value is -1.78. The van der Waals surface area contributed by atoms with Crippen LogP contribution in [0.5, 0.6) is 0 Å². The summed E-state index contributed by atoms with van der Waals surface area (Å²) in [5.74, 6) is -0.171. The van der Waals surface area contributed by atoms with E-state index in [0.717, 1.165) is 4.57 Å². The van der Waals surface area contributed by atoms with E-state index in [4.69, 9.17) is 15.6 Å². The van der Waals surface area contributed by atoms with Crippen LogP contribution in [0.3, 0.4) is 0 Å². The van der Waals surface area contributed by atoms with E-state index < -0.39 is 42.9 Å². The molecule has 6 N–H and O–H groups in total. The van der Waals surface area contributed by atoms with Crippen LogP contribution >= 0.6 is 0 Å². The number of hydrogen-bond acceptors (Lipinski definition) is 8. The van der Waals surface area contributed by atoms with E-state index >= 15 is 0 Å². The summed E-state index contributed by atoms with van der Waals surface area (Å²) < 4.78 is 6.14. The minimum atomic E-state index is -1.43. The van der Waals surface area contributed by atoms with E-state index in [9.17, 15) is 20.1 Å². The summed E-state index contributed by atoms with van der Waals surface area (Å²) in [6.45, 7) is 2.89. The van der Waals surface area contributed by atoms with Crippen LogP contribution in [0.2, 0.25) is 0 Å². The standard InChI is InChI=1S/C12H17N3O6/c1-2-6(17)5-3-15(12(20)14-10(5)13)11-9(19)8(18)7(4-16)21-11/h2-3,6-9,11,16-19H,1,4H2,(H2,13,14,20)/t6?,7-,8-,9-,11-/m1/s1. The number of aliphatic hydroxyl groups excluding tert-OH is 4. The normalized spacial score (nSPS) is 30.3. The summed E-state index contributed by atoms with van der Waals surface area (Å²) in [6.07, 6.45) is -3.83. The average Bonchev–Trinajstić information content (AvgIpc) is 2.74. The molecule has 1 aliphatic rings. The van der Waals surface area contributed by atoms with Crippen molar-refractivity contribution in [2.75, 3.05) is 12.3 Å². The summed E-state index contributed by atoms with van der Waals surface area (Å²) in [5.41, 5.74) is 4.85. The zero-order valence-electron chi connectivity index (χ0n) is 11.0. The summed E-state index contributed by atoms with van der Waals surface area (Å²) in [4.78, 5) is 15.4. The lowest BCUT2D eigenvalue weighted by molar-refractivity contribution is -0.0551. The third kappa shape index (κ3) is 2.69. The number of aromatic nitrogens is 2. The Balaban J connectivity index is 2.45. The summed E-state index contributed by atoms with van der Waals surface area (Å²) in [6, 6.07) is 0.